The Balaban J connectivity index is 1.47. The summed E-state index contributed by atoms with van der Waals surface area (Å²) >= 11 is 0. The number of hydrogen-bond acceptors (Lipinski definition) is 6. The quantitative estimate of drug-likeness (QED) is 0.723. The molecule has 1 aromatic carbocycles. The summed E-state index contributed by atoms with van der Waals surface area (Å²) in [6, 6.07) is 9.36. The summed E-state index contributed by atoms with van der Waals surface area (Å²) in [7, 11) is 0. The SMILES string of the molecule is CC(C(=O)NCc1ccc2c(c1)OCO2)n1nc(-n2cccn2)ccc1=O. The van der Waals surface area contributed by atoms with Gasteiger partial charge in [0, 0.05) is 25.0 Å². The van der Waals surface area contributed by atoms with E-state index in [0.717, 1.165) is 10.2 Å². The van der Waals surface area contributed by atoms with Crippen molar-refractivity contribution >= 4 is 5.91 Å². The highest BCUT2D eigenvalue weighted by atomic mass is 16.7. The van der Waals surface area contributed by atoms with Gasteiger partial charge in [-0.15, -0.1) is 5.10 Å². The number of nitrogens with one attached hydrogen (secondary N) is 1. The third-order valence-electron chi connectivity index (χ3n) is 4.20. The minimum absolute atomic E-state index is 0.198. The maximum absolute atomic E-state index is 12.5. The fourth-order valence-corrected chi connectivity index (χ4v) is 2.72. The normalized spacial score (nSPS) is 13.4. The van der Waals surface area contributed by atoms with Crippen LogP contribution in [-0.4, -0.2) is 32.3 Å². The number of amides is 1. The monoisotopic (exact) mass is 367 g/mol. The van der Waals surface area contributed by atoms with Crippen LogP contribution in [0, 0.1) is 0 Å². The number of ether oxygens (including phenoxy) is 2. The van der Waals surface area contributed by atoms with E-state index < -0.39 is 6.04 Å². The van der Waals surface area contributed by atoms with Gasteiger partial charge in [-0.1, -0.05) is 6.07 Å². The van der Waals surface area contributed by atoms with Crippen LogP contribution in [0.1, 0.15) is 18.5 Å². The van der Waals surface area contributed by atoms with Crippen LogP contribution in [0.2, 0.25) is 0 Å². The van der Waals surface area contributed by atoms with E-state index in [4.69, 9.17) is 9.47 Å². The van der Waals surface area contributed by atoms with Crippen LogP contribution in [0.3, 0.4) is 0 Å². The number of fused-ring (bicyclic) bond motifs is 1. The van der Waals surface area contributed by atoms with E-state index >= 15 is 0 Å². The van der Waals surface area contributed by atoms with Crippen LogP contribution < -0.4 is 20.3 Å². The first-order valence-corrected chi connectivity index (χ1v) is 8.38. The van der Waals surface area contributed by atoms with E-state index in [1.165, 1.54) is 10.7 Å². The van der Waals surface area contributed by atoms with Gasteiger partial charge >= 0.3 is 0 Å². The van der Waals surface area contributed by atoms with E-state index in [-0.39, 0.29) is 18.3 Å². The zero-order valence-corrected chi connectivity index (χ0v) is 14.5. The Morgan fingerprint density at radius 3 is 2.93 bits per heavy atom. The first-order chi connectivity index (χ1) is 13.1. The molecule has 0 saturated heterocycles. The lowest BCUT2D eigenvalue weighted by molar-refractivity contribution is -0.124. The number of rotatable bonds is 5. The molecule has 9 heteroatoms. The van der Waals surface area contributed by atoms with Gasteiger partial charge in [-0.25, -0.2) is 9.36 Å². The second kappa shape index (κ2) is 6.94. The van der Waals surface area contributed by atoms with Gasteiger partial charge in [0.1, 0.15) is 6.04 Å². The first kappa shape index (κ1) is 16.8. The Kier molecular flexibility index (Phi) is 4.33. The van der Waals surface area contributed by atoms with Crippen LogP contribution in [-0.2, 0) is 11.3 Å². The summed E-state index contributed by atoms with van der Waals surface area (Å²) < 4.78 is 13.3. The molecule has 0 fully saturated rings. The van der Waals surface area contributed by atoms with E-state index in [1.807, 2.05) is 12.1 Å². The smallest absolute Gasteiger partial charge is 0.267 e. The third kappa shape index (κ3) is 3.39. The van der Waals surface area contributed by atoms with Crippen molar-refractivity contribution < 1.29 is 14.3 Å². The minimum atomic E-state index is -0.776. The molecule has 138 valence electrons. The molecule has 4 rings (SSSR count). The van der Waals surface area contributed by atoms with Gasteiger partial charge in [-0.2, -0.15) is 5.10 Å². The molecule has 3 aromatic rings. The number of nitrogens with zero attached hydrogens (tertiary/aromatic N) is 4. The number of hydrogen-bond donors (Lipinski definition) is 1. The third-order valence-corrected chi connectivity index (χ3v) is 4.20. The molecule has 1 aliphatic heterocycles. The molecular formula is C18H17N5O4. The summed E-state index contributed by atoms with van der Waals surface area (Å²) in [5, 5.41) is 11.1. The maximum atomic E-state index is 12.5. The Morgan fingerprint density at radius 2 is 2.11 bits per heavy atom. The van der Waals surface area contributed by atoms with Gasteiger partial charge in [-0.05, 0) is 36.8 Å². The number of carbonyl (C=O) groups excluding carboxylic acids is 1. The molecule has 3 heterocycles. The molecule has 1 amide bonds. The highest BCUT2D eigenvalue weighted by molar-refractivity contribution is 5.79. The molecule has 27 heavy (non-hydrogen) atoms. The average Bonchev–Trinajstić information content (AvgIpc) is 3.37. The summed E-state index contributed by atoms with van der Waals surface area (Å²) in [5.41, 5.74) is 0.502. The molecule has 1 unspecified atom stereocenters. The Hall–Kier alpha value is -3.62. The van der Waals surface area contributed by atoms with Crippen LogP contribution in [0.25, 0.3) is 5.82 Å². The van der Waals surface area contributed by atoms with E-state index in [2.05, 4.69) is 15.5 Å². The van der Waals surface area contributed by atoms with Crippen LogP contribution in [0.15, 0.2) is 53.6 Å². The van der Waals surface area contributed by atoms with Crippen molar-refractivity contribution in [3.05, 3.63) is 64.7 Å². The molecule has 0 aliphatic carbocycles. The molecule has 2 aromatic heterocycles. The predicted octanol–water partition coefficient (Wildman–Crippen LogP) is 1.04. The van der Waals surface area contributed by atoms with Crippen molar-refractivity contribution in [3.63, 3.8) is 0 Å². The van der Waals surface area contributed by atoms with Crippen molar-refractivity contribution in [2.45, 2.75) is 19.5 Å². The Bertz CT molecular complexity index is 1030. The van der Waals surface area contributed by atoms with Crippen LogP contribution >= 0.6 is 0 Å². The largest absolute Gasteiger partial charge is 0.454 e. The lowest BCUT2D eigenvalue weighted by atomic mass is 10.2. The highest BCUT2D eigenvalue weighted by Gasteiger charge is 2.19. The number of carbonyl (C=O) groups is 1. The van der Waals surface area contributed by atoms with Crippen LogP contribution in [0.5, 0.6) is 11.5 Å². The van der Waals surface area contributed by atoms with Crippen molar-refractivity contribution in [1.29, 1.82) is 0 Å². The van der Waals surface area contributed by atoms with Gasteiger partial charge in [0.2, 0.25) is 12.7 Å². The number of aromatic nitrogens is 4. The molecule has 0 radical (unpaired) electrons. The predicted molar refractivity (Wildman–Crippen MR) is 94.7 cm³/mol. The fourth-order valence-electron chi connectivity index (χ4n) is 2.72. The molecule has 0 bridgehead atoms. The summed E-state index contributed by atoms with van der Waals surface area (Å²) in [6.45, 7) is 2.12. The Morgan fingerprint density at radius 1 is 1.26 bits per heavy atom. The van der Waals surface area contributed by atoms with E-state index in [9.17, 15) is 9.59 Å². The summed E-state index contributed by atoms with van der Waals surface area (Å²) in [6.07, 6.45) is 3.32. The van der Waals surface area contributed by atoms with Crippen molar-refractivity contribution in [1.82, 2.24) is 24.9 Å². The molecule has 0 saturated carbocycles. The molecular weight excluding hydrogens is 350 g/mol. The lowest BCUT2D eigenvalue weighted by Crippen LogP contribution is -2.37. The molecule has 9 nitrogen and oxygen atoms in total. The van der Waals surface area contributed by atoms with Gasteiger partial charge < -0.3 is 14.8 Å². The topological polar surface area (TPSA) is 100 Å². The van der Waals surface area contributed by atoms with Gasteiger partial charge in [0.15, 0.2) is 17.3 Å². The van der Waals surface area contributed by atoms with Gasteiger partial charge in [0.25, 0.3) is 5.56 Å². The second-order valence-electron chi connectivity index (χ2n) is 6.01. The lowest BCUT2D eigenvalue weighted by Gasteiger charge is -2.15. The average molecular weight is 367 g/mol. The first-order valence-electron chi connectivity index (χ1n) is 8.38. The van der Waals surface area contributed by atoms with Crippen molar-refractivity contribution in [2.75, 3.05) is 6.79 Å². The number of benzene rings is 1. The second-order valence-corrected chi connectivity index (χ2v) is 6.01. The Labute approximate surface area is 154 Å². The minimum Gasteiger partial charge on any atom is -0.454 e. The van der Waals surface area contributed by atoms with Crippen LogP contribution in [0.4, 0.5) is 0 Å². The summed E-state index contributed by atoms with van der Waals surface area (Å²) in [5.74, 6) is 1.47. The zero-order valence-electron chi connectivity index (χ0n) is 14.5. The van der Waals surface area contributed by atoms with E-state index in [0.29, 0.717) is 23.9 Å². The fraction of sp³-hybridized carbons (Fsp3) is 0.222. The van der Waals surface area contributed by atoms with Crippen molar-refractivity contribution in [3.8, 4) is 17.3 Å². The molecule has 1 atom stereocenters. The standard InChI is InChI=1S/C18H17N5O4/c1-12(23-17(24)6-5-16(21-23)22-8-2-7-20-22)18(25)19-10-13-3-4-14-15(9-13)27-11-26-14/h2-9,12H,10-11H2,1H3,(H,19,25). The molecule has 1 N–H and O–H groups in total. The van der Waals surface area contributed by atoms with Gasteiger partial charge in [0.05, 0.1) is 0 Å². The molecule has 0 spiro atoms. The summed E-state index contributed by atoms with van der Waals surface area (Å²) in [4.78, 5) is 24.7. The maximum Gasteiger partial charge on any atom is 0.267 e. The molecule has 1 aliphatic rings. The van der Waals surface area contributed by atoms with Crippen molar-refractivity contribution in [2.24, 2.45) is 0 Å². The van der Waals surface area contributed by atoms with Gasteiger partial charge in [-0.3, -0.25) is 9.59 Å². The van der Waals surface area contributed by atoms with E-state index in [1.54, 1.807) is 37.5 Å². The highest BCUT2D eigenvalue weighted by Crippen LogP contribution is 2.32. The zero-order chi connectivity index (χ0) is 18.8.